The van der Waals surface area contributed by atoms with Crippen molar-refractivity contribution < 1.29 is 4.79 Å². The Hall–Kier alpha value is -0.770. The van der Waals surface area contributed by atoms with Crippen LogP contribution in [-0.2, 0) is 0 Å². The van der Waals surface area contributed by atoms with Gasteiger partial charge in [0.2, 0.25) is 0 Å². The lowest BCUT2D eigenvalue weighted by molar-refractivity contribution is 0.124. The molecule has 1 heterocycles. The number of amides is 2. The van der Waals surface area contributed by atoms with Crippen molar-refractivity contribution in [1.82, 2.24) is 16.0 Å². The molecule has 0 aromatic carbocycles. The minimum absolute atomic E-state index is 0.0857. The van der Waals surface area contributed by atoms with E-state index in [1.54, 1.807) is 7.05 Å². The lowest BCUT2D eigenvalue weighted by Gasteiger charge is -2.46. The van der Waals surface area contributed by atoms with Crippen molar-refractivity contribution in [3.05, 3.63) is 0 Å². The highest BCUT2D eigenvalue weighted by Crippen LogP contribution is 2.34. The minimum Gasteiger partial charge on any atom is -0.341 e. The third kappa shape index (κ3) is 4.94. The third-order valence-electron chi connectivity index (χ3n) is 3.34. The first kappa shape index (κ1) is 14.3. The normalized spacial score (nSPS) is 23.1. The van der Waals surface area contributed by atoms with Gasteiger partial charge in [-0.3, -0.25) is 0 Å². The second-order valence-electron chi connectivity index (χ2n) is 6.46. The van der Waals surface area contributed by atoms with Crippen LogP contribution >= 0.6 is 0 Å². The second kappa shape index (κ2) is 5.25. The van der Waals surface area contributed by atoms with Crippen molar-refractivity contribution in [2.24, 2.45) is 5.92 Å². The molecule has 100 valence electrons. The molecule has 1 saturated heterocycles. The Labute approximate surface area is 105 Å². The van der Waals surface area contributed by atoms with Crippen LogP contribution in [0.2, 0.25) is 0 Å². The Morgan fingerprint density at radius 1 is 1.24 bits per heavy atom. The summed E-state index contributed by atoms with van der Waals surface area (Å²) < 4.78 is 0. The van der Waals surface area contributed by atoms with E-state index >= 15 is 0 Å². The Kier molecular flexibility index (Phi) is 4.42. The molecule has 3 N–H and O–H groups in total. The Morgan fingerprint density at radius 3 is 2.24 bits per heavy atom. The molecule has 4 nitrogen and oxygen atoms in total. The highest BCUT2D eigenvalue weighted by molar-refractivity contribution is 5.73. The molecule has 0 atom stereocenters. The van der Waals surface area contributed by atoms with Crippen LogP contribution in [-0.4, -0.2) is 30.7 Å². The molecule has 0 aromatic heterocycles. The summed E-state index contributed by atoms with van der Waals surface area (Å²) >= 11 is 0. The maximum atomic E-state index is 11.1. The van der Waals surface area contributed by atoms with Crippen molar-refractivity contribution in [1.29, 1.82) is 0 Å². The predicted octanol–water partition coefficient (Wildman–Crippen LogP) is 1.86. The van der Waals surface area contributed by atoms with E-state index < -0.39 is 0 Å². The van der Waals surface area contributed by atoms with Gasteiger partial charge in [0.1, 0.15) is 0 Å². The summed E-state index contributed by atoms with van der Waals surface area (Å²) in [5.74, 6) is 0.679. The number of hydrogen-bond donors (Lipinski definition) is 3. The maximum Gasteiger partial charge on any atom is 0.314 e. The molecule has 0 aromatic rings. The molecule has 0 spiro atoms. The lowest BCUT2D eigenvalue weighted by Crippen LogP contribution is -2.58. The number of nitrogens with one attached hydrogen (secondary N) is 3. The molecule has 0 bridgehead atoms. The quantitative estimate of drug-likeness (QED) is 0.706. The fourth-order valence-electron chi connectivity index (χ4n) is 3.22. The summed E-state index contributed by atoms with van der Waals surface area (Å²) in [7, 11) is 1.64. The van der Waals surface area contributed by atoms with Gasteiger partial charge in [-0.2, -0.15) is 0 Å². The van der Waals surface area contributed by atoms with E-state index in [1.165, 1.54) is 12.8 Å². The summed E-state index contributed by atoms with van der Waals surface area (Å²) in [6, 6.07) is -0.0857. The Bertz CT molecular complexity index is 258. The van der Waals surface area contributed by atoms with Gasteiger partial charge in [-0.05, 0) is 52.9 Å². The van der Waals surface area contributed by atoms with E-state index in [9.17, 15) is 4.79 Å². The summed E-state index contributed by atoms with van der Waals surface area (Å²) in [6.07, 6.45) is 3.40. The van der Waals surface area contributed by atoms with Crippen molar-refractivity contribution in [3.8, 4) is 0 Å². The van der Waals surface area contributed by atoms with Gasteiger partial charge in [-0.15, -0.1) is 0 Å². The zero-order valence-corrected chi connectivity index (χ0v) is 11.8. The van der Waals surface area contributed by atoms with Crippen LogP contribution in [0.5, 0.6) is 0 Å². The largest absolute Gasteiger partial charge is 0.341 e. The van der Waals surface area contributed by atoms with Crippen LogP contribution in [0.4, 0.5) is 4.79 Å². The molecule has 0 saturated carbocycles. The third-order valence-corrected chi connectivity index (χ3v) is 3.34. The highest BCUT2D eigenvalue weighted by atomic mass is 16.2. The van der Waals surface area contributed by atoms with Crippen molar-refractivity contribution in [3.63, 3.8) is 0 Å². The SMILES string of the molecule is CNC(=O)NCCC1CC(C)(C)NC(C)(C)C1. The summed E-state index contributed by atoms with van der Waals surface area (Å²) in [4.78, 5) is 11.1. The van der Waals surface area contributed by atoms with Crippen molar-refractivity contribution in [2.45, 2.75) is 58.0 Å². The van der Waals surface area contributed by atoms with Gasteiger partial charge in [0.25, 0.3) is 0 Å². The molecule has 0 unspecified atom stereocenters. The number of carbonyl (C=O) groups excluding carboxylic acids is 1. The number of piperidine rings is 1. The van der Waals surface area contributed by atoms with Gasteiger partial charge in [0, 0.05) is 24.7 Å². The van der Waals surface area contributed by atoms with Crippen molar-refractivity contribution >= 4 is 6.03 Å². The molecule has 1 rings (SSSR count). The Balaban J connectivity index is 2.40. The first-order valence-corrected chi connectivity index (χ1v) is 6.49. The number of carbonyl (C=O) groups is 1. The van der Waals surface area contributed by atoms with Crippen molar-refractivity contribution in [2.75, 3.05) is 13.6 Å². The summed E-state index contributed by atoms with van der Waals surface area (Å²) in [6.45, 7) is 9.79. The maximum absolute atomic E-state index is 11.1. The van der Waals surface area contributed by atoms with E-state index in [2.05, 4.69) is 43.6 Å². The van der Waals surface area contributed by atoms with E-state index in [0.717, 1.165) is 13.0 Å². The minimum atomic E-state index is -0.0857. The monoisotopic (exact) mass is 241 g/mol. The fourth-order valence-corrected chi connectivity index (χ4v) is 3.22. The molecule has 1 aliphatic heterocycles. The van der Waals surface area contributed by atoms with Crippen LogP contribution in [0.25, 0.3) is 0 Å². The van der Waals surface area contributed by atoms with E-state index in [-0.39, 0.29) is 17.1 Å². The molecule has 0 aliphatic carbocycles. The smallest absolute Gasteiger partial charge is 0.314 e. The van der Waals surface area contributed by atoms with E-state index in [1.807, 2.05) is 0 Å². The molecular weight excluding hydrogens is 214 g/mol. The number of hydrogen-bond acceptors (Lipinski definition) is 2. The second-order valence-corrected chi connectivity index (χ2v) is 6.46. The molecule has 17 heavy (non-hydrogen) atoms. The molecule has 1 aliphatic rings. The topological polar surface area (TPSA) is 53.2 Å². The first-order chi connectivity index (χ1) is 7.74. The van der Waals surface area contributed by atoms with Crippen LogP contribution in [0.1, 0.15) is 47.0 Å². The zero-order chi connectivity index (χ0) is 13.1. The first-order valence-electron chi connectivity index (χ1n) is 6.49. The summed E-state index contributed by atoms with van der Waals surface area (Å²) in [5, 5.41) is 9.11. The molecule has 1 fully saturated rings. The van der Waals surface area contributed by atoms with Crippen LogP contribution < -0.4 is 16.0 Å². The molecule has 2 amide bonds. The number of rotatable bonds is 3. The Morgan fingerprint density at radius 2 is 1.76 bits per heavy atom. The molecule has 4 heteroatoms. The predicted molar refractivity (Wildman–Crippen MR) is 71.1 cm³/mol. The van der Waals surface area contributed by atoms with Gasteiger partial charge in [0.15, 0.2) is 0 Å². The van der Waals surface area contributed by atoms with Gasteiger partial charge in [-0.1, -0.05) is 0 Å². The average molecular weight is 241 g/mol. The summed E-state index contributed by atoms with van der Waals surface area (Å²) in [5.41, 5.74) is 0.388. The highest BCUT2D eigenvalue weighted by Gasteiger charge is 2.37. The zero-order valence-electron chi connectivity index (χ0n) is 11.8. The molecule has 0 radical (unpaired) electrons. The lowest BCUT2D eigenvalue weighted by atomic mass is 9.75. The number of urea groups is 1. The van der Waals surface area contributed by atoms with Gasteiger partial charge in [-0.25, -0.2) is 4.79 Å². The average Bonchev–Trinajstić information content (AvgIpc) is 2.12. The van der Waals surface area contributed by atoms with Crippen LogP contribution in [0, 0.1) is 5.92 Å². The van der Waals surface area contributed by atoms with E-state index in [0.29, 0.717) is 5.92 Å². The van der Waals surface area contributed by atoms with Crippen LogP contribution in [0.15, 0.2) is 0 Å². The standard InChI is InChI=1S/C13H27N3O/c1-12(2)8-10(9-13(3,4)16-12)6-7-15-11(17)14-5/h10,16H,6-9H2,1-5H3,(H2,14,15,17). The van der Waals surface area contributed by atoms with Gasteiger partial charge < -0.3 is 16.0 Å². The van der Waals surface area contributed by atoms with E-state index in [4.69, 9.17) is 0 Å². The molecular formula is C13H27N3O. The fraction of sp³-hybridized carbons (Fsp3) is 0.923. The van der Waals surface area contributed by atoms with Gasteiger partial charge in [0.05, 0.1) is 0 Å². The van der Waals surface area contributed by atoms with Crippen LogP contribution in [0.3, 0.4) is 0 Å². The van der Waals surface area contributed by atoms with Gasteiger partial charge >= 0.3 is 6.03 Å².